The second kappa shape index (κ2) is 6.14. The molecule has 4 nitrogen and oxygen atoms in total. The summed E-state index contributed by atoms with van der Waals surface area (Å²) in [5.74, 6) is -0.633. The molecule has 0 heterocycles. The maximum Gasteiger partial charge on any atom is 0.220 e. The van der Waals surface area contributed by atoms with Gasteiger partial charge in [-0.25, -0.2) is 0 Å². The van der Waals surface area contributed by atoms with E-state index in [1.54, 1.807) is 12.1 Å². The minimum absolute atomic E-state index is 0.250. The third-order valence-electron chi connectivity index (χ3n) is 2.58. The van der Waals surface area contributed by atoms with Crippen LogP contribution in [0.5, 0.6) is 0 Å². The monoisotopic (exact) mass is 301 g/mol. The number of benzene rings is 1. The van der Waals surface area contributed by atoms with Crippen molar-refractivity contribution in [3.05, 3.63) is 33.8 Å². The number of carbonyl (C=O) groups excluding carboxylic acids is 1. The fourth-order valence-corrected chi connectivity index (χ4v) is 2.10. The molecule has 0 saturated carbocycles. The molecule has 0 fully saturated rings. The van der Waals surface area contributed by atoms with Crippen molar-refractivity contribution < 1.29 is 15.0 Å². The predicted octanol–water partition coefficient (Wildman–Crippen LogP) is 1.28. The van der Waals surface area contributed by atoms with Gasteiger partial charge in [0.25, 0.3) is 0 Å². The van der Waals surface area contributed by atoms with Crippen molar-refractivity contribution >= 4 is 21.8 Å². The van der Waals surface area contributed by atoms with Crippen LogP contribution in [0.25, 0.3) is 0 Å². The number of rotatable bonds is 5. The van der Waals surface area contributed by atoms with Crippen molar-refractivity contribution in [3.63, 3.8) is 0 Å². The van der Waals surface area contributed by atoms with E-state index in [2.05, 4.69) is 15.9 Å². The maximum absolute atomic E-state index is 10.7. The van der Waals surface area contributed by atoms with Gasteiger partial charge < -0.3 is 15.9 Å². The number of carbonyl (C=O) groups is 1. The van der Waals surface area contributed by atoms with E-state index in [0.29, 0.717) is 5.56 Å². The van der Waals surface area contributed by atoms with Crippen LogP contribution in [-0.4, -0.2) is 22.2 Å². The molecule has 17 heavy (non-hydrogen) atoms. The van der Waals surface area contributed by atoms with Gasteiger partial charge in [0, 0.05) is 4.47 Å². The lowest BCUT2D eigenvalue weighted by atomic mass is 9.96. The molecular weight excluding hydrogens is 286 g/mol. The average molecular weight is 302 g/mol. The van der Waals surface area contributed by atoms with Gasteiger partial charge in [0.15, 0.2) is 0 Å². The molecule has 0 bridgehead atoms. The average Bonchev–Trinajstić information content (AvgIpc) is 2.27. The fourth-order valence-electron chi connectivity index (χ4n) is 1.69. The van der Waals surface area contributed by atoms with Crippen LogP contribution < -0.4 is 5.73 Å². The van der Waals surface area contributed by atoms with Crippen LogP contribution in [0.4, 0.5) is 0 Å². The maximum atomic E-state index is 10.7. The Balaban J connectivity index is 2.94. The number of nitrogens with two attached hydrogens (primary N) is 1. The van der Waals surface area contributed by atoms with Crippen LogP contribution in [0, 0.1) is 0 Å². The van der Waals surface area contributed by atoms with Crippen molar-refractivity contribution in [1.82, 2.24) is 0 Å². The van der Waals surface area contributed by atoms with E-state index >= 15 is 0 Å². The molecule has 4 N–H and O–H groups in total. The number of aryl methyl sites for hydroxylation is 1. The zero-order valence-electron chi connectivity index (χ0n) is 9.56. The van der Waals surface area contributed by atoms with Crippen LogP contribution in [0.1, 0.15) is 30.6 Å². The largest absolute Gasteiger partial charge is 0.390 e. The van der Waals surface area contributed by atoms with E-state index in [-0.39, 0.29) is 6.42 Å². The highest BCUT2D eigenvalue weighted by atomic mass is 79.9. The summed E-state index contributed by atoms with van der Waals surface area (Å²) in [5, 5.41) is 19.6. The molecule has 0 aliphatic heterocycles. The molecule has 2 atom stereocenters. The van der Waals surface area contributed by atoms with E-state index in [4.69, 9.17) is 5.73 Å². The molecule has 0 aliphatic rings. The molecule has 0 aliphatic carbocycles. The Morgan fingerprint density at radius 2 is 2.12 bits per heavy atom. The normalized spacial score (nSPS) is 14.4. The van der Waals surface area contributed by atoms with Crippen molar-refractivity contribution in [2.75, 3.05) is 0 Å². The molecule has 0 spiro atoms. The molecule has 1 rings (SSSR count). The summed E-state index contributed by atoms with van der Waals surface area (Å²) in [5.41, 5.74) is 6.54. The van der Waals surface area contributed by atoms with Gasteiger partial charge in [0.05, 0.1) is 12.5 Å². The van der Waals surface area contributed by atoms with E-state index in [1.807, 2.05) is 13.0 Å². The molecule has 0 aromatic heterocycles. The number of halogens is 1. The number of amides is 1. The van der Waals surface area contributed by atoms with Crippen LogP contribution in [0.3, 0.4) is 0 Å². The highest BCUT2D eigenvalue weighted by molar-refractivity contribution is 9.10. The first-order chi connectivity index (χ1) is 7.95. The Morgan fingerprint density at radius 1 is 1.47 bits per heavy atom. The fraction of sp³-hybridized carbons (Fsp3) is 0.417. The molecule has 5 heteroatoms. The summed E-state index contributed by atoms with van der Waals surface area (Å²) in [6.07, 6.45) is -1.78. The molecule has 1 aromatic carbocycles. The summed E-state index contributed by atoms with van der Waals surface area (Å²) >= 11 is 3.35. The topological polar surface area (TPSA) is 83.6 Å². The van der Waals surface area contributed by atoms with Crippen molar-refractivity contribution in [1.29, 1.82) is 0 Å². The van der Waals surface area contributed by atoms with Gasteiger partial charge in [0.1, 0.15) is 6.10 Å². The number of hydrogen-bond donors (Lipinski definition) is 3. The van der Waals surface area contributed by atoms with Gasteiger partial charge >= 0.3 is 0 Å². The van der Waals surface area contributed by atoms with Crippen LogP contribution >= 0.6 is 15.9 Å². The molecule has 94 valence electrons. The number of primary amides is 1. The molecule has 2 unspecified atom stereocenters. The zero-order valence-corrected chi connectivity index (χ0v) is 11.1. The molecule has 1 amide bonds. The molecule has 0 radical (unpaired) electrons. The summed E-state index contributed by atoms with van der Waals surface area (Å²) in [4.78, 5) is 10.7. The molecule has 1 aromatic rings. The lowest BCUT2D eigenvalue weighted by Gasteiger charge is -2.19. The number of aliphatic hydroxyl groups excluding tert-OH is 2. The second-order valence-electron chi connectivity index (χ2n) is 3.88. The highest BCUT2D eigenvalue weighted by Gasteiger charge is 2.22. The Bertz CT molecular complexity index is 409. The first kappa shape index (κ1) is 14.2. The van der Waals surface area contributed by atoms with E-state index in [9.17, 15) is 15.0 Å². The van der Waals surface area contributed by atoms with Gasteiger partial charge in [0.2, 0.25) is 5.91 Å². The predicted molar refractivity (Wildman–Crippen MR) is 68.3 cm³/mol. The zero-order chi connectivity index (χ0) is 13.0. The quantitative estimate of drug-likeness (QED) is 0.766. The van der Waals surface area contributed by atoms with Gasteiger partial charge in [-0.2, -0.15) is 0 Å². The minimum atomic E-state index is -1.17. The van der Waals surface area contributed by atoms with Crippen molar-refractivity contribution in [2.45, 2.75) is 32.0 Å². The Hall–Kier alpha value is -0.910. The third kappa shape index (κ3) is 3.80. The van der Waals surface area contributed by atoms with E-state index in [0.717, 1.165) is 16.5 Å². The lowest BCUT2D eigenvalue weighted by molar-refractivity contribution is -0.121. The summed E-state index contributed by atoms with van der Waals surface area (Å²) < 4.78 is 0.912. The standard InChI is InChI=1S/C12H16BrNO3/c1-2-7-5-8(13)3-4-9(7)12(17)10(15)6-11(14)16/h3-5,10,12,15,17H,2,6H2,1H3,(H2,14,16). The summed E-state index contributed by atoms with van der Waals surface area (Å²) in [7, 11) is 0. The molecular formula is C12H16BrNO3. The Kier molecular flexibility index (Phi) is 5.11. The van der Waals surface area contributed by atoms with Crippen molar-refractivity contribution in [3.8, 4) is 0 Å². The molecule has 0 saturated heterocycles. The first-order valence-electron chi connectivity index (χ1n) is 5.38. The van der Waals surface area contributed by atoms with Gasteiger partial charge in [-0.3, -0.25) is 4.79 Å². The minimum Gasteiger partial charge on any atom is -0.390 e. The van der Waals surface area contributed by atoms with E-state index < -0.39 is 18.1 Å². The first-order valence-corrected chi connectivity index (χ1v) is 6.17. The summed E-state index contributed by atoms with van der Waals surface area (Å²) in [6.45, 7) is 1.96. The lowest BCUT2D eigenvalue weighted by Crippen LogP contribution is -2.26. The van der Waals surface area contributed by atoms with Crippen LogP contribution in [0.15, 0.2) is 22.7 Å². The smallest absolute Gasteiger partial charge is 0.220 e. The van der Waals surface area contributed by atoms with Crippen molar-refractivity contribution in [2.24, 2.45) is 5.73 Å². The van der Waals surface area contributed by atoms with Gasteiger partial charge in [-0.05, 0) is 29.7 Å². The number of hydrogen-bond acceptors (Lipinski definition) is 3. The second-order valence-corrected chi connectivity index (χ2v) is 4.79. The van der Waals surface area contributed by atoms with E-state index in [1.165, 1.54) is 0 Å². The van der Waals surface area contributed by atoms with Gasteiger partial charge in [-0.1, -0.05) is 28.9 Å². The van der Waals surface area contributed by atoms with Crippen LogP contribution in [-0.2, 0) is 11.2 Å². The third-order valence-corrected chi connectivity index (χ3v) is 3.07. The SMILES string of the molecule is CCc1cc(Br)ccc1C(O)C(O)CC(N)=O. The number of aliphatic hydroxyl groups is 2. The Labute approximate surface area is 109 Å². The highest BCUT2D eigenvalue weighted by Crippen LogP contribution is 2.26. The van der Waals surface area contributed by atoms with Gasteiger partial charge in [-0.15, -0.1) is 0 Å². The summed E-state index contributed by atoms with van der Waals surface area (Å²) in [6, 6.07) is 5.40. The Morgan fingerprint density at radius 3 is 2.65 bits per heavy atom. The van der Waals surface area contributed by atoms with Crippen LogP contribution in [0.2, 0.25) is 0 Å².